The highest BCUT2D eigenvalue weighted by Gasteiger charge is 2.36. The van der Waals surface area contributed by atoms with Crippen molar-refractivity contribution in [2.75, 3.05) is 18.0 Å². The Morgan fingerprint density at radius 2 is 1.88 bits per heavy atom. The number of piperazine rings is 1. The Morgan fingerprint density at radius 1 is 1.16 bits per heavy atom. The Kier molecular flexibility index (Phi) is 6.33. The zero-order chi connectivity index (χ0) is 22.8. The lowest BCUT2D eigenvalue weighted by atomic mass is 9.96. The standard InChI is InChI=1S/C25H32N6O/c1-5-20-16-31(21(6-2)15-30(20)18(3)19-10-8-7-9-11-19)22-14-24(32)28(4)23-17-29(13-12-26)27-25(22)23/h7-11,14,17-18,20-21H,5-6,13,15-16H2,1-4H3/t18?,20-,21+/m1/s1. The van der Waals surface area contributed by atoms with Crippen molar-refractivity contribution in [3.63, 3.8) is 0 Å². The normalized spacial score (nSPS) is 20.4. The minimum Gasteiger partial charge on any atom is -0.364 e. The maximum absolute atomic E-state index is 12.8. The fourth-order valence-corrected chi connectivity index (χ4v) is 4.99. The molecule has 0 saturated carbocycles. The molecule has 2 aromatic heterocycles. The van der Waals surface area contributed by atoms with Crippen LogP contribution in [0, 0.1) is 11.3 Å². The molecule has 0 bridgehead atoms. The van der Waals surface area contributed by atoms with Crippen LogP contribution in [0.25, 0.3) is 11.0 Å². The molecule has 7 heteroatoms. The van der Waals surface area contributed by atoms with Gasteiger partial charge in [-0.05, 0) is 25.3 Å². The Morgan fingerprint density at radius 3 is 2.53 bits per heavy atom. The Hall–Kier alpha value is -3.11. The Balaban J connectivity index is 1.74. The van der Waals surface area contributed by atoms with Gasteiger partial charge in [0.2, 0.25) is 0 Å². The van der Waals surface area contributed by atoms with Gasteiger partial charge in [0.05, 0.1) is 23.5 Å². The van der Waals surface area contributed by atoms with Crippen molar-refractivity contribution in [1.82, 2.24) is 19.2 Å². The molecule has 0 N–H and O–H groups in total. The zero-order valence-corrected chi connectivity index (χ0v) is 19.4. The van der Waals surface area contributed by atoms with Gasteiger partial charge >= 0.3 is 0 Å². The number of rotatable bonds is 6. The molecule has 32 heavy (non-hydrogen) atoms. The van der Waals surface area contributed by atoms with E-state index in [9.17, 15) is 4.79 Å². The molecule has 7 nitrogen and oxygen atoms in total. The van der Waals surface area contributed by atoms with E-state index in [1.165, 1.54) is 5.56 Å². The van der Waals surface area contributed by atoms with E-state index in [2.05, 4.69) is 72.1 Å². The van der Waals surface area contributed by atoms with Crippen LogP contribution in [0.4, 0.5) is 5.69 Å². The number of nitriles is 1. The van der Waals surface area contributed by atoms with Crippen LogP contribution >= 0.6 is 0 Å². The summed E-state index contributed by atoms with van der Waals surface area (Å²) in [6, 6.07) is 15.5. The maximum Gasteiger partial charge on any atom is 0.252 e. The van der Waals surface area contributed by atoms with Gasteiger partial charge in [-0.2, -0.15) is 10.4 Å². The summed E-state index contributed by atoms with van der Waals surface area (Å²) in [6.07, 6.45) is 3.81. The molecule has 1 aliphatic heterocycles. The van der Waals surface area contributed by atoms with Crippen LogP contribution in [0.2, 0.25) is 0 Å². The summed E-state index contributed by atoms with van der Waals surface area (Å²) in [5, 5.41) is 13.8. The molecule has 0 spiro atoms. The number of pyridine rings is 1. The van der Waals surface area contributed by atoms with Crippen LogP contribution in [0.1, 0.15) is 45.2 Å². The molecule has 3 aromatic rings. The molecule has 1 fully saturated rings. The molecule has 0 radical (unpaired) electrons. The largest absolute Gasteiger partial charge is 0.364 e. The number of hydrogen-bond donors (Lipinski definition) is 0. The topological polar surface area (TPSA) is 70.1 Å². The summed E-state index contributed by atoms with van der Waals surface area (Å²) in [5.74, 6) is 0. The molecule has 1 saturated heterocycles. The van der Waals surface area contributed by atoms with Gasteiger partial charge in [0, 0.05) is 44.3 Å². The van der Waals surface area contributed by atoms with Crippen molar-refractivity contribution < 1.29 is 0 Å². The number of hydrogen-bond acceptors (Lipinski definition) is 5. The van der Waals surface area contributed by atoms with E-state index in [1.54, 1.807) is 28.6 Å². The average Bonchev–Trinajstić information content (AvgIpc) is 3.25. The second-order valence-corrected chi connectivity index (χ2v) is 8.71. The molecule has 3 atom stereocenters. The van der Waals surface area contributed by atoms with Crippen molar-refractivity contribution in [3.05, 3.63) is 58.5 Å². The molecule has 3 heterocycles. The molecular formula is C25H32N6O. The minimum atomic E-state index is -0.0491. The summed E-state index contributed by atoms with van der Waals surface area (Å²) in [4.78, 5) is 17.8. The predicted octanol–water partition coefficient (Wildman–Crippen LogP) is 3.70. The van der Waals surface area contributed by atoms with Crippen LogP contribution in [0.5, 0.6) is 0 Å². The number of benzene rings is 1. The second kappa shape index (κ2) is 9.17. The fourth-order valence-electron chi connectivity index (χ4n) is 4.99. The van der Waals surface area contributed by atoms with E-state index in [1.807, 2.05) is 0 Å². The van der Waals surface area contributed by atoms with E-state index in [0.717, 1.165) is 42.7 Å². The quantitative estimate of drug-likeness (QED) is 0.594. The van der Waals surface area contributed by atoms with Crippen LogP contribution in [-0.4, -0.2) is 44.4 Å². The van der Waals surface area contributed by atoms with Gasteiger partial charge in [0.15, 0.2) is 0 Å². The van der Waals surface area contributed by atoms with E-state index >= 15 is 0 Å². The number of aromatic nitrogens is 3. The first-order valence-corrected chi connectivity index (χ1v) is 11.5. The van der Waals surface area contributed by atoms with Gasteiger partial charge in [-0.1, -0.05) is 44.2 Å². The molecule has 1 aliphatic rings. The summed E-state index contributed by atoms with van der Waals surface area (Å²) >= 11 is 0. The molecule has 1 unspecified atom stereocenters. The highest BCUT2D eigenvalue weighted by atomic mass is 16.1. The number of nitrogens with zero attached hydrogens (tertiary/aromatic N) is 6. The second-order valence-electron chi connectivity index (χ2n) is 8.71. The van der Waals surface area contributed by atoms with Crippen molar-refractivity contribution in [3.8, 4) is 6.07 Å². The minimum absolute atomic E-state index is 0.0491. The molecule has 0 amide bonds. The SMILES string of the molecule is CC[C@H]1CN(C(C)c2ccccc2)[C@H](CC)CN1c1cc(=O)n(C)c2cn(CC#N)nc12. The third kappa shape index (κ3) is 3.91. The van der Waals surface area contributed by atoms with Gasteiger partial charge in [-0.25, -0.2) is 0 Å². The van der Waals surface area contributed by atoms with Crippen molar-refractivity contribution >= 4 is 16.7 Å². The highest BCUT2D eigenvalue weighted by Crippen LogP contribution is 2.34. The van der Waals surface area contributed by atoms with E-state index in [4.69, 9.17) is 5.26 Å². The summed E-state index contributed by atoms with van der Waals surface area (Å²) < 4.78 is 3.24. The third-order valence-electron chi connectivity index (χ3n) is 6.94. The lowest BCUT2D eigenvalue weighted by Gasteiger charge is -2.49. The summed E-state index contributed by atoms with van der Waals surface area (Å²) in [5.41, 5.74) is 3.73. The Labute approximate surface area is 189 Å². The molecule has 168 valence electrons. The summed E-state index contributed by atoms with van der Waals surface area (Å²) in [6.45, 7) is 8.68. The predicted molar refractivity (Wildman–Crippen MR) is 128 cm³/mol. The lowest BCUT2D eigenvalue weighted by molar-refractivity contribution is 0.101. The first-order valence-electron chi connectivity index (χ1n) is 11.5. The van der Waals surface area contributed by atoms with Crippen LogP contribution < -0.4 is 10.5 Å². The van der Waals surface area contributed by atoms with E-state index in [-0.39, 0.29) is 18.1 Å². The van der Waals surface area contributed by atoms with E-state index < -0.39 is 0 Å². The lowest BCUT2D eigenvalue weighted by Crippen LogP contribution is -2.58. The van der Waals surface area contributed by atoms with Gasteiger partial charge in [0.1, 0.15) is 12.1 Å². The van der Waals surface area contributed by atoms with Crippen molar-refractivity contribution in [1.29, 1.82) is 5.26 Å². The first-order chi connectivity index (χ1) is 15.5. The first kappa shape index (κ1) is 22.1. The molecule has 0 aliphatic carbocycles. The van der Waals surface area contributed by atoms with Crippen molar-refractivity contribution in [2.45, 2.75) is 58.3 Å². The highest BCUT2D eigenvalue weighted by molar-refractivity contribution is 5.88. The monoisotopic (exact) mass is 432 g/mol. The Bertz CT molecular complexity index is 1170. The number of fused-ring (bicyclic) bond motifs is 1. The van der Waals surface area contributed by atoms with Gasteiger partial charge < -0.3 is 9.47 Å². The summed E-state index contributed by atoms with van der Waals surface area (Å²) in [7, 11) is 1.76. The third-order valence-corrected chi connectivity index (χ3v) is 6.94. The number of aryl methyl sites for hydroxylation is 1. The average molecular weight is 433 g/mol. The maximum atomic E-state index is 12.8. The van der Waals surface area contributed by atoms with Gasteiger partial charge in [0.25, 0.3) is 5.56 Å². The molecule has 4 rings (SSSR count). The molecule has 1 aromatic carbocycles. The van der Waals surface area contributed by atoms with Gasteiger partial charge in [-0.3, -0.25) is 14.4 Å². The molecular weight excluding hydrogens is 400 g/mol. The van der Waals surface area contributed by atoms with Crippen LogP contribution in [-0.2, 0) is 13.6 Å². The van der Waals surface area contributed by atoms with E-state index in [0.29, 0.717) is 12.1 Å². The van der Waals surface area contributed by atoms with Gasteiger partial charge in [-0.15, -0.1) is 0 Å². The van der Waals surface area contributed by atoms with Crippen LogP contribution in [0.15, 0.2) is 47.4 Å². The zero-order valence-electron chi connectivity index (χ0n) is 19.4. The number of anilines is 1. The smallest absolute Gasteiger partial charge is 0.252 e. The fraction of sp³-hybridized carbons (Fsp3) is 0.480. The van der Waals surface area contributed by atoms with Crippen molar-refractivity contribution in [2.24, 2.45) is 7.05 Å². The van der Waals surface area contributed by atoms with Crippen LogP contribution in [0.3, 0.4) is 0 Å².